The number of nitrogens with one attached hydrogen (secondary N) is 1. The fourth-order valence-electron chi connectivity index (χ4n) is 3.31. The van der Waals surface area contributed by atoms with Gasteiger partial charge in [0.05, 0.1) is 11.9 Å². The molecule has 1 N–H and O–H groups in total. The third-order valence-electron chi connectivity index (χ3n) is 5.23. The van der Waals surface area contributed by atoms with Crippen LogP contribution in [0.5, 0.6) is 0 Å². The molecule has 0 aliphatic carbocycles. The number of guanidine groups is 1. The molecule has 33 heavy (non-hydrogen) atoms. The van der Waals surface area contributed by atoms with Gasteiger partial charge in [0.25, 0.3) is 0 Å². The average molecular weight is 577 g/mol. The van der Waals surface area contributed by atoms with E-state index in [0.717, 1.165) is 41.8 Å². The lowest BCUT2D eigenvalue weighted by atomic mass is 10.3. The molecule has 3 heterocycles. The van der Waals surface area contributed by atoms with Crippen LogP contribution in [0.1, 0.15) is 22.1 Å². The standard InChI is InChI=1S/C23H28N8S.HI/c1-18-27-28-22(30(18)3)15-25-23(24-12-11-21-10-7-13-32-21)29(2)16-19-14-26-31(17-19)20-8-5-4-6-9-20;/h4-10,13-14,17H,11-12,15-16H2,1-3H3,(H,24,25);1H. The molecule has 8 nitrogen and oxygen atoms in total. The van der Waals surface area contributed by atoms with Gasteiger partial charge < -0.3 is 14.8 Å². The summed E-state index contributed by atoms with van der Waals surface area (Å²) >= 11 is 1.78. The Bertz CT molecular complexity index is 1150. The van der Waals surface area contributed by atoms with Crippen LogP contribution in [0.2, 0.25) is 0 Å². The van der Waals surface area contributed by atoms with Crippen LogP contribution in [0.3, 0.4) is 0 Å². The van der Waals surface area contributed by atoms with Gasteiger partial charge in [0.1, 0.15) is 12.4 Å². The second-order valence-electron chi connectivity index (χ2n) is 7.60. The Morgan fingerprint density at radius 1 is 1.15 bits per heavy atom. The van der Waals surface area contributed by atoms with Crippen LogP contribution in [-0.4, -0.2) is 49.0 Å². The molecular formula is C23H29IN8S. The molecule has 4 aromatic rings. The van der Waals surface area contributed by atoms with Gasteiger partial charge in [0.2, 0.25) is 0 Å². The number of aromatic nitrogens is 5. The minimum atomic E-state index is 0. The summed E-state index contributed by atoms with van der Waals surface area (Å²) in [5, 5.41) is 18.5. The smallest absolute Gasteiger partial charge is 0.194 e. The highest BCUT2D eigenvalue weighted by atomic mass is 127. The van der Waals surface area contributed by atoms with E-state index in [2.05, 4.69) is 49.2 Å². The normalized spacial score (nSPS) is 11.3. The highest BCUT2D eigenvalue weighted by Gasteiger charge is 2.11. The Balaban J connectivity index is 0.00000306. The highest BCUT2D eigenvalue weighted by molar-refractivity contribution is 14.0. The molecular weight excluding hydrogens is 547 g/mol. The van der Waals surface area contributed by atoms with E-state index >= 15 is 0 Å². The summed E-state index contributed by atoms with van der Waals surface area (Å²) in [6, 6.07) is 14.4. The molecule has 1 aromatic carbocycles. The van der Waals surface area contributed by atoms with Crippen LogP contribution < -0.4 is 5.32 Å². The average Bonchev–Trinajstić information content (AvgIpc) is 3.55. The summed E-state index contributed by atoms with van der Waals surface area (Å²) in [5.74, 6) is 2.55. The van der Waals surface area contributed by atoms with Gasteiger partial charge in [0.15, 0.2) is 11.8 Å². The van der Waals surface area contributed by atoms with E-state index in [1.807, 2.05) is 66.8 Å². The molecule has 0 bridgehead atoms. The molecule has 0 saturated heterocycles. The number of hydrogen-bond acceptors (Lipinski definition) is 5. The van der Waals surface area contributed by atoms with Gasteiger partial charge in [-0.25, -0.2) is 9.67 Å². The third kappa shape index (κ3) is 6.64. The Kier molecular flexibility index (Phi) is 9.01. The molecule has 3 aromatic heterocycles. The zero-order valence-electron chi connectivity index (χ0n) is 19.0. The topological polar surface area (TPSA) is 76.2 Å². The molecule has 0 saturated carbocycles. The quantitative estimate of drug-likeness (QED) is 0.196. The van der Waals surface area contributed by atoms with E-state index in [-0.39, 0.29) is 24.0 Å². The largest absolute Gasteiger partial charge is 0.356 e. The van der Waals surface area contributed by atoms with Gasteiger partial charge in [-0.1, -0.05) is 24.3 Å². The molecule has 0 unspecified atom stereocenters. The van der Waals surface area contributed by atoms with Crippen LogP contribution >= 0.6 is 35.3 Å². The number of rotatable bonds is 8. The van der Waals surface area contributed by atoms with Crippen molar-refractivity contribution in [1.29, 1.82) is 0 Å². The SMILES string of the molecule is Cc1nnc(CN=C(NCCc2cccs2)N(C)Cc2cnn(-c3ccccc3)c2)n1C.I. The number of nitrogens with zero attached hydrogens (tertiary/aromatic N) is 7. The maximum atomic E-state index is 4.83. The molecule has 4 rings (SSSR count). The van der Waals surface area contributed by atoms with Gasteiger partial charge in [-0.2, -0.15) is 5.10 Å². The predicted octanol–water partition coefficient (Wildman–Crippen LogP) is 3.81. The number of aryl methyl sites for hydroxylation is 1. The van der Waals surface area contributed by atoms with Crippen molar-refractivity contribution in [3.63, 3.8) is 0 Å². The number of aliphatic imine (C=N–C) groups is 1. The van der Waals surface area contributed by atoms with Crippen molar-refractivity contribution in [2.75, 3.05) is 13.6 Å². The van der Waals surface area contributed by atoms with Gasteiger partial charge in [-0.05, 0) is 36.9 Å². The molecule has 174 valence electrons. The zero-order chi connectivity index (χ0) is 22.3. The molecule has 0 radical (unpaired) electrons. The van der Waals surface area contributed by atoms with Gasteiger partial charge in [-0.15, -0.1) is 45.5 Å². The summed E-state index contributed by atoms with van der Waals surface area (Å²) in [6.45, 7) is 3.91. The van der Waals surface area contributed by atoms with Crippen molar-refractivity contribution in [1.82, 2.24) is 34.8 Å². The van der Waals surface area contributed by atoms with Crippen molar-refractivity contribution < 1.29 is 0 Å². The molecule has 0 spiro atoms. The van der Waals surface area contributed by atoms with E-state index in [4.69, 9.17) is 4.99 Å². The molecule has 0 aliphatic heterocycles. The number of thiophene rings is 1. The Hall–Kier alpha value is -2.73. The maximum absolute atomic E-state index is 4.83. The second-order valence-corrected chi connectivity index (χ2v) is 8.64. The van der Waals surface area contributed by atoms with Crippen molar-refractivity contribution in [2.45, 2.75) is 26.4 Å². The lowest BCUT2D eigenvalue weighted by Crippen LogP contribution is -2.39. The van der Waals surface area contributed by atoms with Crippen molar-refractivity contribution in [3.8, 4) is 5.69 Å². The van der Waals surface area contributed by atoms with Gasteiger partial charge >= 0.3 is 0 Å². The van der Waals surface area contributed by atoms with E-state index in [1.54, 1.807) is 11.3 Å². The number of halogens is 1. The minimum Gasteiger partial charge on any atom is -0.356 e. The fraction of sp³-hybridized carbons (Fsp3) is 0.304. The first kappa shape index (κ1) is 24.9. The Morgan fingerprint density at radius 3 is 2.67 bits per heavy atom. The maximum Gasteiger partial charge on any atom is 0.194 e. The summed E-state index contributed by atoms with van der Waals surface area (Å²) in [6.07, 6.45) is 4.92. The van der Waals surface area contributed by atoms with E-state index in [9.17, 15) is 0 Å². The summed E-state index contributed by atoms with van der Waals surface area (Å²) in [4.78, 5) is 8.30. The van der Waals surface area contributed by atoms with Crippen LogP contribution in [0.25, 0.3) is 5.69 Å². The van der Waals surface area contributed by atoms with Crippen molar-refractivity contribution in [2.24, 2.45) is 12.0 Å². The van der Waals surface area contributed by atoms with Crippen LogP contribution in [0.15, 0.2) is 65.2 Å². The predicted molar refractivity (Wildman–Crippen MR) is 143 cm³/mol. The summed E-state index contributed by atoms with van der Waals surface area (Å²) in [5.41, 5.74) is 2.15. The zero-order valence-corrected chi connectivity index (χ0v) is 22.2. The van der Waals surface area contributed by atoms with E-state index < -0.39 is 0 Å². The van der Waals surface area contributed by atoms with Crippen molar-refractivity contribution >= 4 is 41.3 Å². The molecule has 0 atom stereocenters. The first-order valence-electron chi connectivity index (χ1n) is 10.6. The van der Waals surface area contributed by atoms with Gasteiger partial charge in [0, 0.05) is 43.8 Å². The Labute approximate surface area is 215 Å². The van der Waals surface area contributed by atoms with Crippen LogP contribution in [0, 0.1) is 6.92 Å². The van der Waals surface area contributed by atoms with E-state index in [1.165, 1.54) is 4.88 Å². The van der Waals surface area contributed by atoms with Gasteiger partial charge in [-0.3, -0.25) is 0 Å². The highest BCUT2D eigenvalue weighted by Crippen LogP contribution is 2.11. The first-order valence-corrected chi connectivity index (χ1v) is 11.4. The fourth-order valence-corrected chi connectivity index (χ4v) is 4.02. The molecule has 10 heteroatoms. The molecule has 0 fully saturated rings. The third-order valence-corrected chi connectivity index (χ3v) is 6.16. The summed E-state index contributed by atoms with van der Waals surface area (Å²) in [7, 11) is 4.00. The molecule has 0 amide bonds. The number of hydrogen-bond donors (Lipinski definition) is 1. The first-order chi connectivity index (χ1) is 15.6. The van der Waals surface area contributed by atoms with Crippen LogP contribution in [-0.2, 0) is 26.6 Å². The van der Waals surface area contributed by atoms with Crippen LogP contribution in [0.4, 0.5) is 0 Å². The monoisotopic (exact) mass is 576 g/mol. The number of para-hydroxylation sites is 1. The molecule has 0 aliphatic rings. The summed E-state index contributed by atoms with van der Waals surface area (Å²) < 4.78 is 3.86. The van der Waals surface area contributed by atoms with E-state index in [0.29, 0.717) is 13.1 Å². The minimum absolute atomic E-state index is 0. The second kappa shape index (κ2) is 11.9. The van der Waals surface area contributed by atoms with Crippen molar-refractivity contribution in [3.05, 3.63) is 82.3 Å². The lowest BCUT2D eigenvalue weighted by Gasteiger charge is -2.22. The Morgan fingerprint density at radius 2 is 1.97 bits per heavy atom. The lowest BCUT2D eigenvalue weighted by molar-refractivity contribution is 0.474. The number of benzene rings is 1.